The first kappa shape index (κ1) is 25.3. The molecule has 1 aliphatic carbocycles. The van der Waals surface area contributed by atoms with E-state index in [4.69, 9.17) is 9.84 Å². The Hall–Kier alpha value is -3.34. The van der Waals surface area contributed by atoms with Gasteiger partial charge in [0.25, 0.3) is 0 Å². The van der Waals surface area contributed by atoms with E-state index in [-0.39, 0.29) is 23.8 Å². The summed E-state index contributed by atoms with van der Waals surface area (Å²) in [6.07, 6.45) is 2.62. The second-order valence-electron chi connectivity index (χ2n) is 9.54. The minimum absolute atomic E-state index is 0.0647. The van der Waals surface area contributed by atoms with Gasteiger partial charge < -0.3 is 9.64 Å². The van der Waals surface area contributed by atoms with Crippen LogP contribution in [-0.2, 0) is 19.4 Å². The van der Waals surface area contributed by atoms with E-state index in [1.807, 2.05) is 29.2 Å². The van der Waals surface area contributed by atoms with E-state index in [2.05, 4.69) is 4.98 Å². The van der Waals surface area contributed by atoms with Crippen LogP contribution in [-0.4, -0.2) is 67.0 Å². The van der Waals surface area contributed by atoms with Gasteiger partial charge in [-0.25, -0.2) is 26.9 Å². The molecular formula is C26H28F2N4O4S. The highest BCUT2D eigenvalue weighted by molar-refractivity contribution is 7.91. The Labute approximate surface area is 214 Å². The van der Waals surface area contributed by atoms with Crippen LogP contribution in [0.1, 0.15) is 30.9 Å². The summed E-state index contributed by atoms with van der Waals surface area (Å²) >= 11 is 0. The van der Waals surface area contributed by atoms with Crippen LogP contribution in [0.5, 0.6) is 0 Å². The number of carbonyl (C=O) groups excluding carboxylic acids is 1. The first-order chi connectivity index (χ1) is 17.7. The number of alkyl halides is 1. The maximum absolute atomic E-state index is 14.3. The molecule has 0 bridgehead atoms. The molecule has 5 rings (SSSR count). The van der Waals surface area contributed by atoms with Gasteiger partial charge in [-0.2, -0.15) is 5.10 Å². The lowest BCUT2D eigenvalue weighted by Crippen LogP contribution is -2.40. The molecule has 2 aromatic heterocycles. The van der Waals surface area contributed by atoms with Crippen molar-refractivity contribution in [3.63, 3.8) is 0 Å². The summed E-state index contributed by atoms with van der Waals surface area (Å²) < 4.78 is 57.9. The topological polar surface area (TPSA) is 94.4 Å². The normalized spacial score (nSPS) is 23.5. The fourth-order valence-electron chi connectivity index (χ4n) is 5.19. The average Bonchev–Trinajstić information content (AvgIpc) is 3.34. The first-order valence-corrected chi connectivity index (χ1v) is 14.1. The molecule has 0 N–H and O–H groups in total. The van der Waals surface area contributed by atoms with E-state index in [0.29, 0.717) is 37.4 Å². The molecule has 1 saturated carbocycles. The van der Waals surface area contributed by atoms with Gasteiger partial charge in [-0.1, -0.05) is 12.1 Å². The number of sulfone groups is 1. The van der Waals surface area contributed by atoms with Crippen LogP contribution in [0.4, 0.5) is 14.5 Å². The summed E-state index contributed by atoms with van der Waals surface area (Å²) in [5.41, 5.74) is 3.14. The summed E-state index contributed by atoms with van der Waals surface area (Å²) in [4.78, 5) is 18.8. The molecule has 1 aromatic carbocycles. The van der Waals surface area contributed by atoms with E-state index >= 15 is 0 Å². The van der Waals surface area contributed by atoms with E-state index in [9.17, 15) is 22.0 Å². The predicted octanol–water partition coefficient (Wildman–Crippen LogP) is 3.70. The first-order valence-electron chi connectivity index (χ1n) is 12.2. The van der Waals surface area contributed by atoms with Gasteiger partial charge >= 0.3 is 5.97 Å². The molecule has 3 atom stereocenters. The molecule has 3 heterocycles. The van der Waals surface area contributed by atoms with Crippen molar-refractivity contribution < 1.29 is 26.7 Å². The fourth-order valence-corrected chi connectivity index (χ4v) is 6.39. The van der Waals surface area contributed by atoms with Crippen LogP contribution in [0.2, 0.25) is 0 Å². The predicted molar refractivity (Wildman–Crippen MR) is 135 cm³/mol. The van der Waals surface area contributed by atoms with Crippen molar-refractivity contribution >= 4 is 21.5 Å². The summed E-state index contributed by atoms with van der Waals surface area (Å²) in [5.74, 6) is -1.30. The van der Waals surface area contributed by atoms with Gasteiger partial charge in [0.1, 0.15) is 12.0 Å². The molecule has 3 unspecified atom stereocenters. The van der Waals surface area contributed by atoms with Crippen LogP contribution < -0.4 is 4.90 Å². The van der Waals surface area contributed by atoms with E-state index in [0.717, 1.165) is 23.0 Å². The van der Waals surface area contributed by atoms with Crippen molar-refractivity contribution in [3.05, 3.63) is 60.3 Å². The van der Waals surface area contributed by atoms with Crippen molar-refractivity contribution in [1.29, 1.82) is 0 Å². The van der Waals surface area contributed by atoms with E-state index in [1.54, 1.807) is 10.9 Å². The molecule has 1 saturated heterocycles. The molecule has 2 fully saturated rings. The van der Waals surface area contributed by atoms with Crippen LogP contribution >= 0.6 is 0 Å². The third kappa shape index (κ3) is 5.36. The van der Waals surface area contributed by atoms with Gasteiger partial charge in [-0.05, 0) is 49.1 Å². The van der Waals surface area contributed by atoms with Crippen LogP contribution in [0, 0.1) is 11.7 Å². The monoisotopic (exact) mass is 530 g/mol. The van der Waals surface area contributed by atoms with E-state index in [1.165, 1.54) is 19.2 Å². The van der Waals surface area contributed by atoms with Gasteiger partial charge in [-0.15, -0.1) is 0 Å². The highest BCUT2D eigenvalue weighted by Gasteiger charge is 2.39. The highest BCUT2D eigenvalue weighted by Crippen LogP contribution is 2.43. The largest absolute Gasteiger partial charge is 0.469 e. The van der Waals surface area contributed by atoms with Crippen molar-refractivity contribution in [2.45, 2.75) is 31.4 Å². The molecule has 11 heteroatoms. The Kier molecular flexibility index (Phi) is 6.98. The zero-order valence-electron chi connectivity index (χ0n) is 20.4. The van der Waals surface area contributed by atoms with Gasteiger partial charge in [0.05, 0.1) is 36.4 Å². The standard InChI is InChI=1S/C26H28F2N4O4S/c1-36-26(33)22-14-18(27)4-8-21(22)25-23(16-32(30-25)24-9-5-19(28)15-29-24)17-2-6-20(7-3-17)31-10-12-37(34,35)13-11-31/h2-3,5-7,9,15-16,18,21-22H,4,8,10-14H2,1H3. The van der Waals surface area contributed by atoms with Gasteiger partial charge in [0.15, 0.2) is 15.7 Å². The lowest BCUT2D eigenvalue weighted by molar-refractivity contribution is -0.148. The molecule has 8 nitrogen and oxygen atoms in total. The number of carbonyl (C=O) groups is 1. The number of rotatable bonds is 5. The van der Waals surface area contributed by atoms with Gasteiger partial charge in [0, 0.05) is 36.5 Å². The number of esters is 1. The number of anilines is 1. The van der Waals surface area contributed by atoms with Crippen LogP contribution in [0.25, 0.3) is 16.9 Å². The van der Waals surface area contributed by atoms with Crippen LogP contribution in [0.3, 0.4) is 0 Å². The lowest BCUT2D eigenvalue weighted by atomic mass is 9.75. The number of methoxy groups -OCH3 is 1. The molecule has 0 amide bonds. The summed E-state index contributed by atoms with van der Waals surface area (Å²) in [7, 11) is -1.68. The molecule has 0 spiro atoms. The molecule has 1 aliphatic heterocycles. The molecule has 196 valence electrons. The van der Waals surface area contributed by atoms with Crippen LogP contribution in [0.15, 0.2) is 48.8 Å². The Balaban J connectivity index is 1.52. The zero-order valence-corrected chi connectivity index (χ0v) is 21.2. The molecule has 37 heavy (non-hydrogen) atoms. The number of hydrogen-bond donors (Lipinski definition) is 0. The second-order valence-corrected chi connectivity index (χ2v) is 11.8. The Bertz CT molecular complexity index is 1360. The fraction of sp³-hybridized carbons (Fsp3) is 0.423. The summed E-state index contributed by atoms with van der Waals surface area (Å²) in [6.45, 7) is 0.878. The van der Waals surface area contributed by atoms with E-state index < -0.39 is 33.7 Å². The smallest absolute Gasteiger partial charge is 0.309 e. The maximum atomic E-state index is 14.3. The number of pyridine rings is 1. The Morgan fingerprint density at radius 3 is 2.46 bits per heavy atom. The number of benzene rings is 1. The summed E-state index contributed by atoms with van der Waals surface area (Å²) in [6, 6.07) is 10.5. The number of aromatic nitrogens is 3. The molecule has 2 aliphatic rings. The van der Waals surface area contributed by atoms with Crippen molar-refractivity contribution in [1.82, 2.24) is 14.8 Å². The van der Waals surface area contributed by atoms with Crippen molar-refractivity contribution in [2.24, 2.45) is 5.92 Å². The summed E-state index contributed by atoms with van der Waals surface area (Å²) in [5, 5.41) is 4.75. The number of nitrogens with zero attached hydrogens (tertiary/aromatic N) is 4. The van der Waals surface area contributed by atoms with Gasteiger partial charge in [0.2, 0.25) is 0 Å². The Morgan fingerprint density at radius 1 is 1.08 bits per heavy atom. The van der Waals surface area contributed by atoms with Crippen molar-refractivity contribution in [3.8, 4) is 16.9 Å². The molecule has 3 aromatic rings. The quantitative estimate of drug-likeness (QED) is 0.464. The number of ether oxygens (including phenoxy) is 1. The SMILES string of the molecule is COC(=O)C1CC(F)CCC1c1nn(-c2ccc(F)cn2)cc1-c1ccc(N2CCS(=O)(=O)CC2)cc1. The minimum Gasteiger partial charge on any atom is -0.469 e. The molecular weight excluding hydrogens is 502 g/mol. The number of hydrogen-bond acceptors (Lipinski definition) is 7. The van der Waals surface area contributed by atoms with Gasteiger partial charge in [-0.3, -0.25) is 4.79 Å². The van der Waals surface area contributed by atoms with Crippen molar-refractivity contribution in [2.75, 3.05) is 36.6 Å². The minimum atomic E-state index is -2.98. The maximum Gasteiger partial charge on any atom is 0.309 e. The zero-order chi connectivity index (χ0) is 26.2. The third-order valence-electron chi connectivity index (χ3n) is 7.22. The third-order valence-corrected chi connectivity index (χ3v) is 8.83. The molecule has 0 radical (unpaired) electrons. The average molecular weight is 531 g/mol. The lowest BCUT2D eigenvalue weighted by Gasteiger charge is -2.31. The number of halogens is 2. The Morgan fingerprint density at radius 2 is 1.81 bits per heavy atom. The highest BCUT2D eigenvalue weighted by atomic mass is 32.2. The second kappa shape index (κ2) is 10.2.